The van der Waals surface area contributed by atoms with Crippen molar-refractivity contribution in [2.75, 3.05) is 5.75 Å². The molecule has 3 rings (SSSR count). The van der Waals surface area contributed by atoms with E-state index in [0.717, 1.165) is 12.8 Å². The maximum Gasteiger partial charge on any atom is 0.317 e. The highest BCUT2D eigenvalue weighted by molar-refractivity contribution is 7.99. The standard InChI is InChI=1S/C16H20N4O4S/c1-3-20-14(12-5-4-8-23-12)18-19-16(20)25-9-13(21)24-10(2)15(22)17-11-6-7-11/h4-5,8,10-11H,3,6-7,9H2,1-2H3,(H,17,22)/t10-/m1/s1. The largest absolute Gasteiger partial charge is 0.461 e. The SMILES string of the molecule is CCn1c(SCC(=O)O[C@H](C)C(=O)NC2CC2)nnc1-c1ccco1. The van der Waals surface area contributed by atoms with E-state index in [-0.39, 0.29) is 17.7 Å². The highest BCUT2D eigenvalue weighted by atomic mass is 32.2. The van der Waals surface area contributed by atoms with E-state index in [9.17, 15) is 9.59 Å². The van der Waals surface area contributed by atoms with Gasteiger partial charge in [-0.05, 0) is 38.8 Å². The van der Waals surface area contributed by atoms with Crippen LogP contribution in [-0.2, 0) is 20.9 Å². The molecule has 25 heavy (non-hydrogen) atoms. The van der Waals surface area contributed by atoms with Gasteiger partial charge in [0.05, 0.1) is 12.0 Å². The van der Waals surface area contributed by atoms with Gasteiger partial charge in [-0.25, -0.2) is 0 Å². The predicted molar refractivity (Wildman–Crippen MR) is 90.8 cm³/mol. The molecule has 1 atom stereocenters. The lowest BCUT2D eigenvalue weighted by atomic mass is 10.3. The number of nitrogens with one attached hydrogen (secondary N) is 1. The molecule has 2 aromatic rings. The number of nitrogens with zero attached hydrogens (tertiary/aromatic N) is 3. The van der Waals surface area contributed by atoms with Crippen LogP contribution < -0.4 is 5.32 Å². The predicted octanol–water partition coefficient (Wildman–Crippen LogP) is 1.86. The lowest BCUT2D eigenvalue weighted by Crippen LogP contribution is -2.37. The average molecular weight is 364 g/mol. The normalized spacial score (nSPS) is 15.0. The minimum atomic E-state index is -0.795. The zero-order valence-electron chi connectivity index (χ0n) is 14.1. The van der Waals surface area contributed by atoms with Crippen molar-refractivity contribution in [3.8, 4) is 11.6 Å². The van der Waals surface area contributed by atoms with Gasteiger partial charge >= 0.3 is 5.97 Å². The van der Waals surface area contributed by atoms with Crippen molar-refractivity contribution in [3.05, 3.63) is 18.4 Å². The highest BCUT2D eigenvalue weighted by Crippen LogP contribution is 2.24. The Labute approximate surface area is 149 Å². The number of ether oxygens (including phenoxy) is 1. The highest BCUT2D eigenvalue weighted by Gasteiger charge is 2.27. The first kappa shape index (κ1) is 17.5. The van der Waals surface area contributed by atoms with Crippen LogP contribution in [0, 0.1) is 0 Å². The summed E-state index contributed by atoms with van der Waals surface area (Å²) < 4.78 is 12.4. The zero-order valence-corrected chi connectivity index (χ0v) is 14.9. The number of aromatic nitrogens is 3. The van der Waals surface area contributed by atoms with E-state index in [1.165, 1.54) is 11.8 Å². The number of rotatable bonds is 8. The molecule has 0 aromatic carbocycles. The molecule has 0 saturated heterocycles. The molecule has 1 saturated carbocycles. The van der Waals surface area contributed by atoms with Gasteiger partial charge in [0.15, 0.2) is 22.8 Å². The summed E-state index contributed by atoms with van der Waals surface area (Å²) in [7, 11) is 0. The third-order valence-electron chi connectivity index (χ3n) is 3.69. The van der Waals surface area contributed by atoms with Crippen molar-refractivity contribution in [1.82, 2.24) is 20.1 Å². The lowest BCUT2D eigenvalue weighted by Gasteiger charge is -2.13. The fraction of sp³-hybridized carbons (Fsp3) is 0.500. The molecule has 9 heteroatoms. The van der Waals surface area contributed by atoms with E-state index in [1.54, 1.807) is 25.3 Å². The van der Waals surface area contributed by atoms with Gasteiger partial charge in [-0.2, -0.15) is 0 Å². The maximum atomic E-state index is 12.0. The van der Waals surface area contributed by atoms with Crippen LogP contribution in [0.3, 0.4) is 0 Å². The summed E-state index contributed by atoms with van der Waals surface area (Å²) in [6, 6.07) is 3.83. The number of hydrogen-bond acceptors (Lipinski definition) is 7. The minimum absolute atomic E-state index is 0.0529. The van der Waals surface area contributed by atoms with E-state index in [0.29, 0.717) is 23.3 Å². The summed E-state index contributed by atoms with van der Waals surface area (Å²) in [5, 5.41) is 11.6. The zero-order chi connectivity index (χ0) is 17.8. The molecule has 1 N–H and O–H groups in total. The second-order valence-corrected chi connectivity index (χ2v) is 6.67. The Bertz CT molecular complexity index is 739. The first-order valence-electron chi connectivity index (χ1n) is 8.18. The van der Waals surface area contributed by atoms with Crippen LogP contribution in [0.2, 0.25) is 0 Å². The van der Waals surface area contributed by atoms with E-state index in [2.05, 4.69) is 15.5 Å². The van der Waals surface area contributed by atoms with E-state index in [4.69, 9.17) is 9.15 Å². The first-order valence-corrected chi connectivity index (χ1v) is 9.16. The summed E-state index contributed by atoms with van der Waals surface area (Å²) in [5.74, 6) is 0.568. The molecule has 0 bridgehead atoms. The van der Waals surface area contributed by atoms with Gasteiger partial charge in [0.1, 0.15) is 0 Å². The molecule has 0 spiro atoms. The fourth-order valence-electron chi connectivity index (χ4n) is 2.22. The van der Waals surface area contributed by atoms with Crippen LogP contribution in [0.5, 0.6) is 0 Å². The first-order chi connectivity index (χ1) is 12.1. The van der Waals surface area contributed by atoms with Gasteiger partial charge in [-0.1, -0.05) is 11.8 Å². The monoisotopic (exact) mass is 364 g/mol. The molecule has 1 aliphatic carbocycles. The summed E-state index contributed by atoms with van der Waals surface area (Å²) in [6.45, 7) is 4.17. The number of thioether (sulfide) groups is 1. The molecule has 134 valence electrons. The van der Waals surface area contributed by atoms with Gasteiger partial charge in [0.25, 0.3) is 5.91 Å². The lowest BCUT2D eigenvalue weighted by molar-refractivity contribution is -0.152. The molecular formula is C16H20N4O4S. The van der Waals surface area contributed by atoms with Crippen molar-refractivity contribution in [1.29, 1.82) is 0 Å². The number of furan rings is 1. The number of hydrogen-bond donors (Lipinski definition) is 1. The van der Waals surface area contributed by atoms with Crippen molar-refractivity contribution < 1.29 is 18.7 Å². The molecule has 2 heterocycles. The minimum Gasteiger partial charge on any atom is -0.461 e. The van der Waals surface area contributed by atoms with Crippen LogP contribution in [0.4, 0.5) is 0 Å². The van der Waals surface area contributed by atoms with Crippen molar-refractivity contribution in [2.45, 2.75) is 50.5 Å². The van der Waals surface area contributed by atoms with Gasteiger partial charge in [0.2, 0.25) is 0 Å². The van der Waals surface area contributed by atoms with Crippen LogP contribution in [0.15, 0.2) is 28.0 Å². The number of esters is 1. The summed E-state index contributed by atoms with van der Waals surface area (Å²) in [5.41, 5.74) is 0. The molecule has 8 nitrogen and oxygen atoms in total. The average Bonchev–Trinajstić information content (AvgIpc) is 3.10. The van der Waals surface area contributed by atoms with E-state index in [1.807, 2.05) is 11.5 Å². The second-order valence-electron chi connectivity index (χ2n) is 5.73. The van der Waals surface area contributed by atoms with Crippen LogP contribution >= 0.6 is 11.8 Å². The van der Waals surface area contributed by atoms with Gasteiger partial charge < -0.3 is 14.5 Å². The Hall–Kier alpha value is -2.29. The van der Waals surface area contributed by atoms with Gasteiger partial charge in [0, 0.05) is 12.6 Å². The van der Waals surface area contributed by atoms with Crippen molar-refractivity contribution in [2.24, 2.45) is 0 Å². The number of amides is 1. The number of carbonyl (C=O) groups excluding carboxylic acids is 2. The Kier molecular flexibility index (Phi) is 5.42. The van der Waals surface area contributed by atoms with E-state index >= 15 is 0 Å². The van der Waals surface area contributed by atoms with Crippen LogP contribution in [0.25, 0.3) is 11.6 Å². The molecule has 2 aromatic heterocycles. The van der Waals surface area contributed by atoms with Crippen LogP contribution in [0.1, 0.15) is 26.7 Å². The van der Waals surface area contributed by atoms with Crippen LogP contribution in [-0.4, -0.2) is 44.5 Å². The van der Waals surface area contributed by atoms with Gasteiger partial charge in [-0.15, -0.1) is 10.2 Å². The quantitative estimate of drug-likeness (QED) is 0.564. The summed E-state index contributed by atoms with van der Waals surface area (Å²) in [6.07, 6.45) is 2.76. The van der Waals surface area contributed by atoms with Gasteiger partial charge in [-0.3, -0.25) is 14.2 Å². The molecule has 1 fully saturated rings. The summed E-state index contributed by atoms with van der Waals surface area (Å²) in [4.78, 5) is 23.8. The number of carbonyl (C=O) groups is 2. The molecule has 1 aliphatic rings. The van der Waals surface area contributed by atoms with Crippen molar-refractivity contribution >= 4 is 23.6 Å². The third-order valence-corrected chi connectivity index (χ3v) is 4.64. The molecule has 0 aliphatic heterocycles. The summed E-state index contributed by atoms with van der Waals surface area (Å²) >= 11 is 1.22. The van der Waals surface area contributed by atoms with Crippen molar-refractivity contribution in [3.63, 3.8) is 0 Å². The molecule has 1 amide bonds. The fourth-order valence-corrected chi connectivity index (χ4v) is 3.01. The Balaban J connectivity index is 1.54. The Morgan fingerprint density at radius 3 is 2.92 bits per heavy atom. The molecular weight excluding hydrogens is 344 g/mol. The maximum absolute atomic E-state index is 12.0. The second kappa shape index (κ2) is 7.73. The Morgan fingerprint density at radius 1 is 1.48 bits per heavy atom. The Morgan fingerprint density at radius 2 is 2.28 bits per heavy atom. The third kappa shape index (κ3) is 4.41. The molecule has 0 unspecified atom stereocenters. The molecule has 0 radical (unpaired) electrons. The van der Waals surface area contributed by atoms with E-state index < -0.39 is 12.1 Å². The smallest absolute Gasteiger partial charge is 0.317 e. The topological polar surface area (TPSA) is 99.2 Å².